The largest absolute Gasteiger partial charge is 0.545 e. The van der Waals surface area contributed by atoms with Crippen LogP contribution < -0.4 is 5.11 Å². The molecular formula is C9H10NO4S-. The van der Waals surface area contributed by atoms with Crippen LogP contribution in [0.15, 0.2) is 29.2 Å². The zero-order valence-electron chi connectivity index (χ0n) is 8.30. The minimum Gasteiger partial charge on any atom is -0.545 e. The van der Waals surface area contributed by atoms with Crippen LogP contribution in [0.2, 0.25) is 0 Å². The number of aromatic carboxylic acids is 1. The molecule has 0 fully saturated rings. The number of hydrogen-bond donors (Lipinski definition) is 0. The van der Waals surface area contributed by atoms with E-state index in [-0.39, 0.29) is 10.5 Å². The number of benzene rings is 1. The van der Waals surface area contributed by atoms with Crippen molar-refractivity contribution in [2.75, 3.05) is 14.1 Å². The maximum absolute atomic E-state index is 11.6. The van der Waals surface area contributed by atoms with Crippen LogP contribution in [-0.4, -0.2) is 32.8 Å². The fraction of sp³-hybridized carbons (Fsp3) is 0.222. The Morgan fingerprint density at radius 3 is 2.00 bits per heavy atom. The molecule has 1 rings (SSSR count). The zero-order valence-corrected chi connectivity index (χ0v) is 9.11. The standard InChI is InChI=1S/C9H11NO4S/c1-10(2)15(13,14)8-5-3-7(4-6-8)9(11)12/h3-6H,1-2H3,(H,11,12)/p-1. The molecule has 0 aliphatic carbocycles. The van der Waals surface area contributed by atoms with Gasteiger partial charge in [-0.1, -0.05) is 12.1 Å². The molecule has 0 N–H and O–H groups in total. The number of sulfonamides is 1. The summed E-state index contributed by atoms with van der Waals surface area (Å²) in [6, 6.07) is 4.87. The van der Waals surface area contributed by atoms with E-state index in [9.17, 15) is 18.3 Å². The van der Waals surface area contributed by atoms with Crippen molar-refractivity contribution in [2.24, 2.45) is 0 Å². The number of carboxylic acid groups (broad SMARTS) is 1. The molecule has 1 aromatic carbocycles. The van der Waals surface area contributed by atoms with Gasteiger partial charge in [-0.15, -0.1) is 0 Å². The molecule has 1 aromatic rings. The maximum Gasteiger partial charge on any atom is 0.242 e. The van der Waals surface area contributed by atoms with Gasteiger partial charge in [0.2, 0.25) is 10.0 Å². The first-order valence-electron chi connectivity index (χ1n) is 4.09. The summed E-state index contributed by atoms with van der Waals surface area (Å²) in [5.41, 5.74) is -0.0484. The topological polar surface area (TPSA) is 77.5 Å². The number of rotatable bonds is 3. The molecule has 5 nitrogen and oxygen atoms in total. The first-order chi connectivity index (χ1) is 6.85. The second-order valence-electron chi connectivity index (χ2n) is 3.10. The van der Waals surface area contributed by atoms with Crippen LogP contribution in [0.3, 0.4) is 0 Å². The van der Waals surface area contributed by atoms with E-state index < -0.39 is 16.0 Å². The Labute approximate surface area is 88.0 Å². The third kappa shape index (κ3) is 2.34. The second kappa shape index (κ2) is 4.00. The van der Waals surface area contributed by atoms with E-state index in [1.54, 1.807) is 0 Å². The summed E-state index contributed by atoms with van der Waals surface area (Å²) < 4.78 is 24.2. The molecule has 6 heteroatoms. The van der Waals surface area contributed by atoms with Crippen LogP contribution in [0.25, 0.3) is 0 Å². The Balaban J connectivity index is 3.15. The van der Waals surface area contributed by atoms with Gasteiger partial charge < -0.3 is 9.90 Å². The lowest BCUT2D eigenvalue weighted by Crippen LogP contribution is -2.24. The summed E-state index contributed by atoms with van der Waals surface area (Å²) in [5, 5.41) is 10.4. The summed E-state index contributed by atoms with van der Waals surface area (Å²) in [6.07, 6.45) is 0. The van der Waals surface area contributed by atoms with Crippen LogP contribution in [0.1, 0.15) is 10.4 Å². The van der Waals surface area contributed by atoms with E-state index in [2.05, 4.69) is 0 Å². The van der Waals surface area contributed by atoms with Crippen LogP contribution in [-0.2, 0) is 10.0 Å². The number of hydrogen-bond acceptors (Lipinski definition) is 4. The fourth-order valence-corrected chi connectivity index (χ4v) is 1.88. The number of carbonyl (C=O) groups excluding carboxylic acids is 1. The van der Waals surface area contributed by atoms with E-state index in [0.717, 1.165) is 4.31 Å². The highest BCUT2D eigenvalue weighted by Crippen LogP contribution is 2.13. The van der Waals surface area contributed by atoms with Crippen LogP contribution in [0.5, 0.6) is 0 Å². The third-order valence-electron chi connectivity index (χ3n) is 1.87. The fourth-order valence-electron chi connectivity index (χ4n) is 0.974. The molecular weight excluding hydrogens is 218 g/mol. The monoisotopic (exact) mass is 228 g/mol. The Morgan fingerprint density at radius 2 is 1.67 bits per heavy atom. The summed E-state index contributed by atoms with van der Waals surface area (Å²) in [5.74, 6) is -1.33. The van der Waals surface area contributed by atoms with Gasteiger partial charge in [0.15, 0.2) is 0 Å². The first kappa shape index (κ1) is 11.7. The van der Waals surface area contributed by atoms with Gasteiger partial charge >= 0.3 is 0 Å². The van der Waals surface area contributed by atoms with Crippen molar-refractivity contribution in [3.05, 3.63) is 29.8 Å². The van der Waals surface area contributed by atoms with Gasteiger partial charge in [0.1, 0.15) is 0 Å². The van der Waals surface area contributed by atoms with Crippen LogP contribution >= 0.6 is 0 Å². The van der Waals surface area contributed by atoms with Gasteiger partial charge in [0, 0.05) is 14.1 Å². The van der Waals surface area contributed by atoms with Crippen LogP contribution in [0.4, 0.5) is 0 Å². The lowest BCUT2D eigenvalue weighted by Gasteiger charge is -2.11. The van der Waals surface area contributed by atoms with Crippen molar-refractivity contribution in [2.45, 2.75) is 4.90 Å². The van der Waals surface area contributed by atoms with Crippen LogP contribution in [0, 0.1) is 0 Å². The van der Waals surface area contributed by atoms with Crippen molar-refractivity contribution in [3.8, 4) is 0 Å². The third-order valence-corrected chi connectivity index (χ3v) is 3.70. The van der Waals surface area contributed by atoms with Gasteiger partial charge in [-0.25, -0.2) is 12.7 Å². The predicted octanol–water partition coefficient (Wildman–Crippen LogP) is -0.700. The van der Waals surface area contributed by atoms with Gasteiger partial charge in [-0.3, -0.25) is 0 Å². The molecule has 0 unspecified atom stereocenters. The molecule has 0 radical (unpaired) electrons. The van der Waals surface area contributed by atoms with E-state index in [1.165, 1.54) is 38.4 Å². The molecule has 0 atom stereocenters. The lowest BCUT2D eigenvalue weighted by molar-refractivity contribution is -0.255. The first-order valence-corrected chi connectivity index (χ1v) is 5.53. The number of carboxylic acids is 1. The smallest absolute Gasteiger partial charge is 0.242 e. The van der Waals surface area contributed by atoms with E-state index >= 15 is 0 Å². The highest BCUT2D eigenvalue weighted by atomic mass is 32.2. The average molecular weight is 228 g/mol. The summed E-state index contributed by atoms with van der Waals surface area (Å²) in [6.45, 7) is 0. The summed E-state index contributed by atoms with van der Waals surface area (Å²) in [4.78, 5) is 10.5. The Hall–Kier alpha value is -1.40. The number of nitrogens with zero attached hydrogens (tertiary/aromatic N) is 1. The minimum atomic E-state index is -3.50. The summed E-state index contributed by atoms with van der Waals surface area (Å²) in [7, 11) is -0.690. The van der Waals surface area contributed by atoms with Crippen molar-refractivity contribution in [1.29, 1.82) is 0 Å². The van der Waals surface area contributed by atoms with Gasteiger partial charge in [-0.05, 0) is 17.7 Å². The molecule has 0 aromatic heterocycles. The quantitative estimate of drug-likeness (QED) is 0.685. The molecule has 15 heavy (non-hydrogen) atoms. The molecule has 0 aliphatic rings. The molecule has 0 spiro atoms. The molecule has 0 bridgehead atoms. The van der Waals surface area contributed by atoms with Crippen molar-refractivity contribution in [1.82, 2.24) is 4.31 Å². The van der Waals surface area contributed by atoms with Crippen molar-refractivity contribution in [3.63, 3.8) is 0 Å². The normalized spacial score (nSPS) is 11.7. The van der Waals surface area contributed by atoms with Gasteiger partial charge in [0.25, 0.3) is 0 Å². The molecule has 0 heterocycles. The maximum atomic E-state index is 11.6. The Kier molecular flexibility index (Phi) is 3.11. The van der Waals surface area contributed by atoms with Gasteiger partial charge in [0.05, 0.1) is 10.9 Å². The van der Waals surface area contributed by atoms with E-state index in [0.29, 0.717) is 0 Å². The summed E-state index contributed by atoms with van der Waals surface area (Å²) >= 11 is 0. The average Bonchev–Trinajstić information content (AvgIpc) is 2.17. The molecule has 0 saturated carbocycles. The molecule has 0 aliphatic heterocycles. The SMILES string of the molecule is CN(C)S(=O)(=O)c1ccc(C(=O)[O-])cc1. The minimum absolute atomic E-state index is 0.0484. The van der Waals surface area contributed by atoms with E-state index in [4.69, 9.17) is 0 Å². The lowest BCUT2D eigenvalue weighted by atomic mass is 10.2. The highest BCUT2D eigenvalue weighted by molar-refractivity contribution is 7.89. The highest BCUT2D eigenvalue weighted by Gasteiger charge is 2.16. The predicted molar refractivity (Wildman–Crippen MR) is 51.6 cm³/mol. The van der Waals surface area contributed by atoms with E-state index in [1.807, 2.05) is 0 Å². The number of carbonyl (C=O) groups is 1. The molecule has 82 valence electrons. The van der Waals surface area contributed by atoms with Crippen molar-refractivity contribution >= 4 is 16.0 Å². The molecule has 0 saturated heterocycles. The van der Waals surface area contributed by atoms with Crippen molar-refractivity contribution < 1.29 is 18.3 Å². The Bertz CT molecular complexity index is 461. The second-order valence-corrected chi connectivity index (χ2v) is 5.25. The Morgan fingerprint density at radius 1 is 1.20 bits per heavy atom. The van der Waals surface area contributed by atoms with Gasteiger partial charge in [-0.2, -0.15) is 0 Å². The molecule has 0 amide bonds. The zero-order chi connectivity index (χ0) is 11.6.